The Morgan fingerprint density at radius 3 is 1.82 bits per heavy atom. The fourth-order valence-corrected chi connectivity index (χ4v) is 4.48. The van der Waals surface area contributed by atoms with Crippen LogP contribution in [0.25, 0.3) is 0 Å². The Bertz CT molecular complexity index is 688. The molecule has 0 N–H and O–H groups in total. The van der Waals surface area contributed by atoms with Gasteiger partial charge in [0.25, 0.3) is 0 Å². The van der Waals surface area contributed by atoms with Crippen molar-refractivity contribution in [1.29, 1.82) is 0 Å². The van der Waals surface area contributed by atoms with Crippen LogP contribution in [0.3, 0.4) is 0 Å². The maximum atomic E-state index is 13.5. The van der Waals surface area contributed by atoms with Gasteiger partial charge in [0.15, 0.2) is 6.61 Å². The number of rotatable bonds is 10. The van der Waals surface area contributed by atoms with Gasteiger partial charge in [-0.1, -0.05) is 61.3 Å². The third-order valence-electron chi connectivity index (χ3n) is 7.19. The molecule has 1 aliphatic carbocycles. The summed E-state index contributed by atoms with van der Waals surface area (Å²) in [4.78, 5) is 26.3. The van der Waals surface area contributed by atoms with E-state index in [4.69, 9.17) is 4.74 Å². The summed E-state index contributed by atoms with van der Waals surface area (Å²) in [5.41, 5.74) is -1.85. The Morgan fingerprint density at radius 2 is 1.41 bits per heavy atom. The lowest BCUT2D eigenvalue weighted by Gasteiger charge is -2.44. The topological polar surface area (TPSA) is 52.6 Å². The molecular weight excluding hydrogens is 459 g/mol. The SMILES string of the molecule is CCC(C(=O)OCC(F)(F)C(F)(F)F)C1(OC(=O)C(CC(C)(C)CC)C(C)(C)C)CCCCC1. The van der Waals surface area contributed by atoms with Gasteiger partial charge < -0.3 is 9.47 Å². The zero-order valence-electron chi connectivity index (χ0n) is 21.5. The van der Waals surface area contributed by atoms with Gasteiger partial charge in [-0.15, -0.1) is 0 Å². The predicted molar refractivity (Wildman–Crippen MR) is 119 cm³/mol. The summed E-state index contributed by atoms with van der Waals surface area (Å²) in [6, 6.07) is 0. The summed E-state index contributed by atoms with van der Waals surface area (Å²) in [5, 5.41) is 0. The standard InChI is InChI=1S/C25H41F5O4/c1-8-17(19(31)33-16-24(26,27)25(28,29)30)23(13-11-10-12-14-23)34-20(32)18(21(3,4)5)15-22(6,7)9-2/h17-18H,8-16H2,1-7H3. The fraction of sp³-hybridized carbons (Fsp3) is 0.920. The van der Waals surface area contributed by atoms with Crippen LogP contribution in [0.4, 0.5) is 22.0 Å². The molecule has 0 aliphatic heterocycles. The number of esters is 2. The lowest BCUT2D eigenvalue weighted by molar-refractivity contribution is -0.295. The monoisotopic (exact) mass is 500 g/mol. The first-order chi connectivity index (χ1) is 15.3. The van der Waals surface area contributed by atoms with E-state index in [1.807, 2.05) is 27.7 Å². The number of ether oxygens (including phenoxy) is 2. The molecule has 1 rings (SSSR count). The Labute approximate surface area is 200 Å². The minimum Gasteiger partial charge on any atom is -0.459 e. The van der Waals surface area contributed by atoms with E-state index in [1.165, 1.54) is 0 Å². The summed E-state index contributed by atoms with van der Waals surface area (Å²) >= 11 is 0. The highest BCUT2D eigenvalue weighted by Gasteiger charge is 2.59. The molecule has 34 heavy (non-hydrogen) atoms. The molecule has 2 unspecified atom stereocenters. The highest BCUT2D eigenvalue weighted by molar-refractivity contribution is 5.77. The molecule has 0 aromatic heterocycles. The Balaban J connectivity index is 3.20. The lowest BCUT2D eigenvalue weighted by atomic mass is 9.70. The normalized spacial score (nSPS) is 19.3. The largest absolute Gasteiger partial charge is 0.459 e. The second-order valence-electron chi connectivity index (χ2n) is 11.5. The van der Waals surface area contributed by atoms with Crippen LogP contribution in [0.2, 0.25) is 0 Å². The summed E-state index contributed by atoms with van der Waals surface area (Å²) in [6.07, 6.45) is -1.53. The Hall–Kier alpha value is -1.41. The number of halogens is 5. The van der Waals surface area contributed by atoms with Gasteiger partial charge in [-0.3, -0.25) is 9.59 Å². The third-order valence-corrected chi connectivity index (χ3v) is 7.19. The van der Waals surface area contributed by atoms with Gasteiger partial charge in [-0.25, -0.2) is 0 Å². The summed E-state index contributed by atoms with van der Waals surface area (Å²) in [7, 11) is 0. The van der Waals surface area contributed by atoms with Crippen LogP contribution in [0, 0.1) is 22.7 Å². The quantitative estimate of drug-likeness (QED) is 0.230. The van der Waals surface area contributed by atoms with Crippen LogP contribution < -0.4 is 0 Å². The van der Waals surface area contributed by atoms with Gasteiger partial charge in [0.2, 0.25) is 0 Å². The minimum atomic E-state index is -5.82. The van der Waals surface area contributed by atoms with Crippen molar-refractivity contribution >= 4 is 11.9 Å². The van der Waals surface area contributed by atoms with Gasteiger partial charge in [-0.05, 0) is 49.4 Å². The van der Waals surface area contributed by atoms with Crippen LogP contribution in [-0.2, 0) is 19.1 Å². The molecule has 0 aromatic rings. The summed E-state index contributed by atoms with van der Waals surface area (Å²) < 4.78 is 74.8. The highest BCUT2D eigenvalue weighted by Crippen LogP contribution is 2.45. The second kappa shape index (κ2) is 11.1. The molecule has 0 aromatic carbocycles. The Morgan fingerprint density at radius 1 is 0.882 bits per heavy atom. The van der Waals surface area contributed by atoms with Crippen molar-refractivity contribution in [1.82, 2.24) is 0 Å². The van der Waals surface area contributed by atoms with Gasteiger partial charge in [0.1, 0.15) is 5.60 Å². The summed E-state index contributed by atoms with van der Waals surface area (Å²) in [5.74, 6) is -8.42. The van der Waals surface area contributed by atoms with E-state index in [1.54, 1.807) is 6.92 Å². The average molecular weight is 501 g/mol. The van der Waals surface area contributed by atoms with Crippen LogP contribution in [-0.4, -0.2) is 36.2 Å². The molecule has 1 saturated carbocycles. The molecule has 0 amide bonds. The molecule has 2 atom stereocenters. The van der Waals surface area contributed by atoms with E-state index < -0.39 is 53.5 Å². The maximum absolute atomic E-state index is 13.5. The lowest BCUT2D eigenvalue weighted by Crippen LogP contribution is -2.51. The molecule has 0 radical (unpaired) electrons. The maximum Gasteiger partial charge on any atom is 0.456 e. The minimum absolute atomic E-state index is 0.0876. The van der Waals surface area contributed by atoms with Gasteiger partial charge in [0, 0.05) is 0 Å². The van der Waals surface area contributed by atoms with Gasteiger partial charge >= 0.3 is 24.0 Å². The number of alkyl halides is 5. The van der Waals surface area contributed by atoms with Crippen molar-refractivity contribution in [3.63, 3.8) is 0 Å². The third kappa shape index (κ3) is 7.80. The number of carbonyl (C=O) groups is 2. The van der Waals surface area contributed by atoms with E-state index in [2.05, 4.69) is 18.6 Å². The van der Waals surface area contributed by atoms with Crippen molar-refractivity contribution in [2.24, 2.45) is 22.7 Å². The first-order valence-corrected chi connectivity index (χ1v) is 12.2. The van der Waals surface area contributed by atoms with Crippen molar-refractivity contribution in [2.75, 3.05) is 6.61 Å². The average Bonchev–Trinajstić information content (AvgIpc) is 2.70. The number of hydrogen-bond donors (Lipinski definition) is 0. The molecule has 4 nitrogen and oxygen atoms in total. The predicted octanol–water partition coefficient (Wildman–Crippen LogP) is 7.49. The van der Waals surface area contributed by atoms with Crippen molar-refractivity contribution in [2.45, 2.75) is 118 Å². The van der Waals surface area contributed by atoms with Gasteiger partial charge in [0.05, 0.1) is 11.8 Å². The van der Waals surface area contributed by atoms with Crippen molar-refractivity contribution in [3.8, 4) is 0 Å². The highest BCUT2D eigenvalue weighted by atomic mass is 19.4. The van der Waals surface area contributed by atoms with Crippen molar-refractivity contribution < 1.29 is 41.0 Å². The van der Waals surface area contributed by atoms with E-state index in [9.17, 15) is 31.5 Å². The smallest absolute Gasteiger partial charge is 0.456 e. The first kappa shape index (κ1) is 30.6. The first-order valence-electron chi connectivity index (χ1n) is 12.2. The molecule has 200 valence electrons. The molecule has 9 heteroatoms. The zero-order chi connectivity index (χ0) is 26.6. The molecule has 1 aliphatic rings. The van der Waals surface area contributed by atoms with Crippen LogP contribution in [0.1, 0.15) is 99.8 Å². The van der Waals surface area contributed by atoms with Crippen LogP contribution in [0.15, 0.2) is 0 Å². The van der Waals surface area contributed by atoms with E-state index >= 15 is 0 Å². The van der Waals surface area contributed by atoms with E-state index in [-0.39, 0.29) is 11.8 Å². The summed E-state index contributed by atoms with van der Waals surface area (Å²) in [6.45, 7) is 11.5. The molecule has 0 heterocycles. The molecular formula is C25H41F5O4. The van der Waals surface area contributed by atoms with E-state index in [0.717, 1.165) is 12.8 Å². The fourth-order valence-electron chi connectivity index (χ4n) is 4.48. The van der Waals surface area contributed by atoms with Crippen LogP contribution >= 0.6 is 0 Å². The number of hydrogen-bond acceptors (Lipinski definition) is 4. The molecule has 1 fully saturated rings. The Kier molecular flexibility index (Phi) is 10.0. The zero-order valence-corrected chi connectivity index (χ0v) is 21.5. The molecule has 0 saturated heterocycles. The van der Waals surface area contributed by atoms with E-state index in [0.29, 0.717) is 32.1 Å². The molecule has 0 spiro atoms. The van der Waals surface area contributed by atoms with Crippen molar-refractivity contribution in [3.05, 3.63) is 0 Å². The van der Waals surface area contributed by atoms with Gasteiger partial charge in [-0.2, -0.15) is 22.0 Å². The molecule has 0 bridgehead atoms. The number of carbonyl (C=O) groups excluding carboxylic acids is 2. The van der Waals surface area contributed by atoms with Crippen LogP contribution in [0.5, 0.6) is 0 Å². The second-order valence-corrected chi connectivity index (χ2v) is 11.5.